The van der Waals surface area contributed by atoms with Crippen LogP contribution in [0.25, 0.3) is 0 Å². The molecule has 3 N–H and O–H groups in total. The maximum atomic E-state index is 12.5. The largest absolute Gasteiger partial charge is 0.349 e. The Morgan fingerprint density at radius 3 is 2.48 bits per heavy atom. The highest BCUT2D eigenvalue weighted by Gasteiger charge is 2.49. The molecule has 0 radical (unpaired) electrons. The van der Waals surface area contributed by atoms with Crippen molar-refractivity contribution in [1.82, 2.24) is 5.32 Å². The zero-order chi connectivity index (χ0) is 14.3. The Morgan fingerprint density at radius 1 is 1.29 bits per heavy atom. The van der Waals surface area contributed by atoms with Crippen LogP contribution in [0.5, 0.6) is 0 Å². The molecule has 2 aliphatic carbocycles. The highest BCUT2D eigenvalue weighted by molar-refractivity contribution is 9.10. The average Bonchev–Trinajstić information content (AvgIpc) is 2.99. The van der Waals surface area contributed by atoms with Gasteiger partial charge >= 0.3 is 0 Å². The molecule has 2 fully saturated rings. The smallest absolute Gasteiger partial charge is 0.225 e. The van der Waals surface area contributed by atoms with Crippen LogP contribution in [0.4, 0.5) is 0 Å². The summed E-state index contributed by atoms with van der Waals surface area (Å²) in [5.41, 5.74) is 7.36. The highest BCUT2D eigenvalue weighted by Crippen LogP contribution is 2.47. The molecule has 3 nitrogen and oxygen atoms in total. The number of fused-ring (bicyclic) bond motifs is 2. The number of hydrogen-bond acceptors (Lipinski definition) is 2. The van der Waals surface area contributed by atoms with Gasteiger partial charge in [-0.05, 0) is 55.7 Å². The number of halogens is 2. The molecule has 5 heteroatoms. The molecule has 116 valence electrons. The molecule has 0 aliphatic heterocycles. The lowest BCUT2D eigenvalue weighted by atomic mass is 9.84. The van der Waals surface area contributed by atoms with Gasteiger partial charge in [-0.2, -0.15) is 0 Å². The number of carbonyl (C=O) groups is 1. The number of hydrogen-bond donors (Lipinski definition) is 2. The van der Waals surface area contributed by atoms with Crippen molar-refractivity contribution in [2.75, 3.05) is 0 Å². The summed E-state index contributed by atoms with van der Waals surface area (Å²) in [5.74, 6) is 1.23. The van der Waals surface area contributed by atoms with Crippen LogP contribution in [0.15, 0.2) is 28.7 Å². The monoisotopic (exact) mass is 372 g/mol. The lowest BCUT2D eigenvalue weighted by Gasteiger charge is -2.28. The molecule has 0 spiro atoms. The second-order valence-electron chi connectivity index (χ2n) is 6.22. The van der Waals surface area contributed by atoms with Gasteiger partial charge in [0.2, 0.25) is 5.91 Å². The van der Waals surface area contributed by atoms with E-state index in [1.165, 1.54) is 12.8 Å². The van der Waals surface area contributed by atoms with Crippen molar-refractivity contribution in [2.45, 2.75) is 38.3 Å². The molecule has 0 heterocycles. The molecule has 2 bridgehead atoms. The summed E-state index contributed by atoms with van der Waals surface area (Å²) in [6.45, 7) is 2.03. The molecule has 21 heavy (non-hydrogen) atoms. The van der Waals surface area contributed by atoms with Crippen molar-refractivity contribution in [3.05, 3.63) is 34.3 Å². The third-order valence-electron chi connectivity index (χ3n) is 5.01. The van der Waals surface area contributed by atoms with Gasteiger partial charge in [-0.15, -0.1) is 12.4 Å². The van der Waals surface area contributed by atoms with Crippen LogP contribution in [0.1, 0.15) is 37.8 Å². The normalized spacial score (nSPS) is 31.6. The van der Waals surface area contributed by atoms with Crippen LogP contribution in [0.3, 0.4) is 0 Å². The van der Waals surface area contributed by atoms with Crippen LogP contribution >= 0.6 is 28.3 Å². The van der Waals surface area contributed by atoms with E-state index in [1.807, 2.05) is 31.2 Å². The highest BCUT2D eigenvalue weighted by atomic mass is 79.9. The van der Waals surface area contributed by atoms with E-state index >= 15 is 0 Å². The van der Waals surface area contributed by atoms with E-state index in [0.29, 0.717) is 11.8 Å². The Bertz CT molecular complexity index is 506. The Balaban J connectivity index is 0.00000161. The molecule has 3 rings (SSSR count). The number of rotatable bonds is 3. The van der Waals surface area contributed by atoms with Gasteiger partial charge in [-0.3, -0.25) is 4.79 Å². The predicted molar refractivity (Wildman–Crippen MR) is 90.2 cm³/mol. The Labute approximate surface area is 140 Å². The summed E-state index contributed by atoms with van der Waals surface area (Å²) in [4.78, 5) is 12.5. The van der Waals surface area contributed by atoms with Gasteiger partial charge in [-0.1, -0.05) is 28.1 Å². The first-order valence-electron chi connectivity index (χ1n) is 7.37. The van der Waals surface area contributed by atoms with Gasteiger partial charge in [0.1, 0.15) is 0 Å². The number of amides is 1. The number of benzene rings is 1. The summed E-state index contributed by atoms with van der Waals surface area (Å²) in [6.07, 6.45) is 3.52. The summed E-state index contributed by atoms with van der Waals surface area (Å²) in [7, 11) is 0. The fraction of sp³-hybridized carbons (Fsp3) is 0.562. The van der Waals surface area contributed by atoms with Crippen LogP contribution in [-0.4, -0.2) is 11.9 Å². The van der Waals surface area contributed by atoms with Crippen molar-refractivity contribution < 1.29 is 4.79 Å². The van der Waals surface area contributed by atoms with Crippen LogP contribution < -0.4 is 11.1 Å². The minimum absolute atomic E-state index is 0. The van der Waals surface area contributed by atoms with Crippen molar-refractivity contribution in [3.8, 4) is 0 Å². The predicted octanol–water partition coefficient (Wildman–Crippen LogP) is 3.42. The third kappa shape index (κ3) is 3.27. The molecule has 5 atom stereocenters. The lowest BCUT2D eigenvalue weighted by molar-refractivity contribution is -0.127. The minimum Gasteiger partial charge on any atom is -0.349 e. The van der Waals surface area contributed by atoms with Gasteiger partial charge < -0.3 is 11.1 Å². The summed E-state index contributed by atoms with van der Waals surface area (Å²) < 4.78 is 1.05. The van der Waals surface area contributed by atoms with E-state index in [1.54, 1.807) is 0 Å². The Kier molecular flexibility index (Phi) is 5.33. The van der Waals surface area contributed by atoms with Crippen molar-refractivity contribution in [1.29, 1.82) is 0 Å². The van der Waals surface area contributed by atoms with Crippen LogP contribution in [-0.2, 0) is 4.79 Å². The van der Waals surface area contributed by atoms with Crippen molar-refractivity contribution in [2.24, 2.45) is 23.5 Å². The fourth-order valence-corrected chi connectivity index (χ4v) is 4.13. The molecule has 1 aromatic carbocycles. The van der Waals surface area contributed by atoms with E-state index in [9.17, 15) is 4.79 Å². The Morgan fingerprint density at radius 2 is 1.90 bits per heavy atom. The quantitative estimate of drug-likeness (QED) is 0.853. The molecule has 0 aromatic heterocycles. The molecule has 1 aromatic rings. The lowest BCUT2D eigenvalue weighted by Crippen LogP contribution is -2.45. The molecule has 2 aliphatic rings. The second-order valence-corrected chi connectivity index (χ2v) is 7.13. The van der Waals surface area contributed by atoms with Crippen molar-refractivity contribution >= 4 is 34.2 Å². The van der Waals surface area contributed by atoms with Gasteiger partial charge in [0.05, 0.1) is 12.0 Å². The third-order valence-corrected chi connectivity index (χ3v) is 5.54. The molecule has 1 amide bonds. The summed E-state index contributed by atoms with van der Waals surface area (Å²) in [6, 6.07) is 8.17. The van der Waals surface area contributed by atoms with E-state index in [0.717, 1.165) is 16.5 Å². The Hall–Kier alpha value is -0.580. The standard InChI is InChI=1S/C16H21BrN2O.ClH/c1-9(10-4-6-13(17)7-5-10)19-16(20)14-11-2-3-12(8-11)15(14)18;/h4-7,9,11-12,14-15H,2-3,8,18H2,1H3,(H,19,20);1H. The van der Waals surface area contributed by atoms with Gasteiger partial charge in [-0.25, -0.2) is 0 Å². The van der Waals surface area contributed by atoms with Crippen LogP contribution in [0, 0.1) is 17.8 Å². The van der Waals surface area contributed by atoms with E-state index < -0.39 is 0 Å². The molecule has 2 saturated carbocycles. The first kappa shape index (κ1) is 16.8. The SMILES string of the molecule is CC(NC(=O)C1C2CCC(C2)C1N)c1ccc(Br)cc1.Cl. The zero-order valence-electron chi connectivity index (χ0n) is 12.1. The summed E-state index contributed by atoms with van der Waals surface area (Å²) >= 11 is 3.43. The minimum atomic E-state index is 0. The zero-order valence-corrected chi connectivity index (χ0v) is 14.5. The second kappa shape index (κ2) is 6.67. The fourth-order valence-electron chi connectivity index (χ4n) is 3.87. The first-order chi connectivity index (χ1) is 9.56. The maximum Gasteiger partial charge on any atom is 0.225 e. The topological polar surface area (TPSA) is 55.1 Å². The van der Waals surface area contributed by atoms with Gasteiger partial charge in [0.15, 0.2) is 0 Å². The molecular formula is C16H22BrClN2O. The molecular weight excluding hydrogens is 352 g/mol. The summed E-state index contributed by atoms with van der Waals surface area (Å²) in [5, 5.41) is 3.14. The average molecular weight is 374 g/mol. The van der Waals surface area contributed by atoms with E-state index in [2.05, 4.69) is 21.2 Å². The molecule has 0 saturated heterocycles. The van der Waals surface area contributed by atoms with E-state index in [-0.39, 0.29) is 36.3 Å². The van der Waals surface area contributed by atoms with Gasteiger partial charge in [0.25, 0.3) is 0 Å². The molecule has 5 unspecified atom stereocenters. The van der Waals surface area contributed by atoms with Crippen molar-refractivity contribution in [3.63, 3.8) is 0 Å². The van der Waals surface area contributed by atoms with E-state index in [4.69, 9.17) is 5.73 Å². The van der Waals surface area contributed by atoms with Crippen LogP contribution in [0.2, 0.25) is 0 Å². The number of carbonyl (C=O) groups excluding carboxylic acids is 1. The maximum absolute atomic E-state index is 12.5. The first-order valence-corrected chi connectivity index (χ1v) is 8.17. The number of nitrogens with two attached hydrogens (primary N) is 1. The number of nitrogens with one attached hydrogen (secondary N) is 1. The van der Waals surface area contributed by atoms with Gasteiger partial charge in [0, 0.05) is 10.5 Å².